The third-order valence-corrected chi connectivity index (χ3v) is 3.59. The predicted molar refractivity (Wildman–Crippen MR) is 67.9 cm³/mol. The highest BCUT2D eigenvalue weighted by Gasteiger charge is 2.17. The van der Waals surface area contributed by atoms with Crippen LogP contribution in [-0.4, -0.2) is 23.0 Å². The Morgan fingerprint density at radius 3 is 3.00 bits per heavy atom. The van der Waals surface area contributed by atoms with E-state index in [4.69, 9.17) is 23.2 Å². The van der Waals surface area contributed by atoms with Gasteiger partial charge in [0.25, 0.3) is 0 Å². The fourth-order valence-corrected chi connectivity index (χ4v) is 2.65. The van der Waals surface area contributed by atoms with Crippen molar-refractivity contribution in [3.05, 3.63) is 28.0 Å². The van der Waals surface area contributed by atoms with Gasteiger partial charge in [-0.2, -0.15) is 0 Å². The Balaban J connectivity index is 2.02. The van der Waals surface area contributed by atoms with Crippen molar-refractivity contribution >= 4 is 23.2 Å². The molecule has 0 saturated carbocycles. The van der Waals surface area contributed by atoms with Crippen LogP contribution in [0.5, 0.6) is 0 Å². The lowest BCUT2D eigenvalue weighted by molar-refractivity contribution is 0.176. The lowest BCUT2D eigenvalue weighted by atomic mass is 10.00. The first-order valence-corrected chi connectivity index (χ1v) is 6.43. The van der Waals surface area contributed by atoms with Gasteiger partial charge < -0.3 is 0 Å². The predicted octanol–water partition coefficient (Wildman–Crippen LogP) is 3.62. The number of aromatic nitrogens is 1. The van der Waals surface area contributed by atoms with E-state index in [1.807, 2.05) is 0 Å². The van der Waals surface area contributed by atoms with Crippen molar-refractivity contribution in [2.45, 2.75) is 26.3 Å². The average molecular weight is 259 g/mol. The first-order chi connectivity index (χ1) is 7.65. The van der Waals surface area contributed by atoms with Crippen molar-refractivity contribution < 1.29 is 0 Å². The molecule has 1 fully saturated rings. The molecular formula is C12H16Cl2N2. The largest absolute Gasteiger partial charge is 0.299 e. The smallest absolute Gasteiger partial charge is 0.130 e. The van der Waals surface area contributed by atoms with Gasteiger partial charge in [-0.3, -0.25) is 4.90 Å². The van der Waals surface area contributed by atoms with Crippen LogP contribution >= 0.6 is 23.2 Å². The molecule has 2 rings (SSSR count). The molecule has 0 spiro atoms. The van der Waals surface area contributed by atoms with Crippen LogP contribution in [0, 0.1) is 5.92 Å². The average Bonchev–Trinajstić information content (AvgIpc) is 2.22. The molecule has 1 aromatic rings. The van der Waals surface area contributed by atoms with Crippen LogP contribution in [0.25, 0.3) is 0 Å². The standard InChI is InChI=1S/C12H16Cl2N2/c1-9-3-2-4-16(7-9)8-10-6-15-12(14)5-11(10)13/h5-6,9H,2-4,7-8H2,1H3. The molecule has 0 aromatic carbocycles. The van der Waals surface area contributed by atoms with E-state index < -0.39 is 0 Å². The number of rotatable bonds is 2. The second kappa shape index (κ2) is 5.35. The molecule has 1 saturated heterocycles. The van der Waals surface area contributed by atoms with E-state index in [-0.39, 0.29) is 0 Å². The second-order valence-electron chi connectivity index (χ2n) is 4.58. The lowest BCUT2D eigenvalue weighted by Crippen LogP contribution is -2.33. The van der Waals surface area contributed by atoms with Gasteiger partial charge >= 0.3 is 0 Å². The summed E-state index contributed by atoms with van der Waals surface area (Å²) < 4.78 is 0. The Morgan fingerprint density at radius 1 is 1.50 bits per heavy atom. The van der Waals surface area contributed by atoms with Gasteiger partial charge in [0.1, 0.15) is 5.15 Å². The molecule has 1 aliphatic rings. The summed E-state index contributed by atoms with van der Waals surface area (Å²) in [5, 5.41) is 1.18. The number of piperidine rings is 1. The van der Waals surface area contributed by atoms with Gasteiger partial charge in [0, 0.05) is 29.9 Å². The molecule has 0 aliphatic carbocycles. The number of pyridine rings is 1. The molecule has 88 valence electrons. The zero-order valence-corrected chi connectivity index (χ0v) is 10.9. The topological polar surface area (TPSA) is 16.1 Å². The minimum atomic E-state index is 0.459. The normalized spacial score (nSPS) is 22.3. The van der Waals surface area contributed by atoms with Gasteiger partial charge in [-0.05, 0) is 31.4 Å². The molecule has 2 nitrogen and oxygen atoms in total. The first kappa shape index (κ1) is 12.2. The van der Waals surface area contributed by atoms with Crippen molar-refractivity contribution in [3.63, 3.8) is 0 Å². The van der Waals surface area contributed by atoms with Crippen molar-refractivity contribution in [2.75, 3.05) is 13.1 Å². The number of halogens is 2. The monoisotopic (exact) mass is 258 g/mol. The van der Waals surface area contributed by atoms with E-state index in [0.29, 0.717) is 5.15 Å². The molecular weight excluding hydrogens is 243 g/mol. The Hall–Kier alpha value is -0.310. The fraction of sp³-hybridized carbons (Fsp3) is 0.583. The van der Waals surface area contributed by atoms with E-state index in [1.54, 1.807) is 12.3 Å². The Kier molecular flexibility index (Phi) is 4.06. The summed E-state index contributed by atoms with van der Waals surface area (Å²) in [6.07, 6.45) is 4.40. The number of hydrogen-bond donors (Lipinski definition) is 0. The summed E-state index contributed by atoms with van der Waals surface area (Å²) in [4.78, 5) is 6.51. The Morgan fingerprint density at radius 2 is 2.31 bits per heavy atom. The molecule has 1 aliphatic heterocycles. The molecule has 0 bridgehead atoms. The summed E-state index contributed by atoms with van der Waals surface area (Å²) in [6.45, 7) is 5.49. The van der Waals surface area contributed by atoms with E-state index in [9.17, 15) is 0 Å². The highest BCUT2D eigenvalue weighted by atomic mass is 35.5. The van der Waals surface area contributed by atoms with Crippen LogP contribution in [0.3, 0.4) is 0 Å². The molecule has 16 heavy (non-hydrogen) atoms. The van der Waals surface area contributed by atoms with Gasteiger partial charge in [-0.1, -0.05) is 30.1 Å². The van der Waals surface area contributed by atoms with Crippen molar-refractivity contribution in [2.24, 2.45) is 5.92 Å². The summed E-state index contributed by atoms with van der Waals surface area (Å²) >= 11 is 11.9. The second-order valence-corrected chi connectivity index (χ2v) is 5.38. The van der Waals surface area contributed by atoms with Gasteiger partial charge in [0.05, 0.1) is 0 Å². The maximum atomic E-state index is 6.13. The first-order valence-electron chi connectivity index (χ1n) is 5.67. The van der Waals surface area contributed by atoms with Crippen molar-refractivity contribution in [3.8, 4) is 0 Å². The Labute approximate surface area is 107 Å². The minimum Gasteiger partial charge on any atom is -0.299 e. The van der Waals surface area contributed by atoms with E-state index in [1.165, 1.54) is 12.8 Å². The summed E-state index contributed by atoms with van der Waals surface area (Å²) in [6, 6.07) is 1.71. The van der Waals surface area contributed by atoms with Crippen LogP contribution in [0.2, 0.25) is 10.2 Å². The number of hydrogen-bond acceptors (Lipinski definition) is 2. The van der Waals surface area contributed by atoms with Gasteiger partial charge in [0.15, 0.2) is 0 Å². The van der Waals surface area contributed by atoms with Gasteiger partial charge in [0.2, 0.25) is 0 Å². The lowest BCUT2D eigenvalue weighted by Gasteiger charge is -2.30. The molecule has 0 radical (unpaired) electrons. The quantitative estimate of drug-likeness (QED) is 0.754. The zero-order chi connectivity index (χ0) is 11.5. The van der Waals surface area contributed by atoms with Crippen LogP contribution < -0.4 is 0 Å². The minimum absolute atomic E-state index is 0.459. The number of nitrogens with zero attached hydrogens (tertiary/aromatic N) is 2. The molecule has 1 atom stereocenters. The van der Waals surface area contributed by atoms with Crippen LogP contribution in [0.1, 0.15) is 25.3 Å². The molecule has 1 aromatic heterocycles. The maximum absolute atomic E-state index is 6.13. The highest BCUT2D eigenvalue weighted by molar-refractivity contribution is 6.34. The fourth-order valence-electron chi connectivity index (χ4n) is 2.22. The SMILES string of the molecule is CC1CCCN(Cc2cnc(Cl)cc2Cl)C1. The maximum Gasteiger partial charge on any atom is 0.130 e. The van der Waals surface area contributed by atoms with Gasteiger partial charge in [-0.15, -0.1) is 0 Å². The third kappa shape index (κ3) is 3.09. The zero-order valence-electron chi connectivity index (χ0n) is 9.42. The molecule has 2 heterocycles. The van der Waals surface area contributed by atoms with E-state index in [2.05, 4.69) is 16.8 Å². The van der Waals surface area contributed by atoms with E-state index in [0.717, 1.165) is 36.1 Å². The molecule has 4 heteroatoms. The highest BCUT2D eigenvalue weighted by Crippen LogP contribution is 2.23. The molecule has 0 N–H and O–H groups in total. The van der Waals surface area contributed by atoms with E-state index >= 15 is 0 Å². The van der Waals surface area contributed by atoms with Crippen LogP contribution in [0.4, 0.5) is 0 Å². The van der Waals surface area contributed by atoms with Crippen molar-refractivity contribution in [1.82, 2.24) is 9.88 Å². The van der Waals surface area contributed by atoms with Gasteiger partial charge in [-0.25, -0.2) is 4.98 Å². The Bertz CT molecular complexity index is 368. The molecule has 1 unspecified atom stereocenters. The summed E-state index contributed by atoms with van der Waals surface area (Å²) in [5.74, 6) is 0.785. The summed E-state index contributed by atoms with van der Waals surface area (Å²) in [7, 11) is 0. The van der Waals surface area contributed by atoms with Crippen LogP contribution in [-0.2, 0) is 6.54 Å². The number of likely N-dealkylation sites (tertiary alicyclic amines) is 1. The van der Waals surface area contributed by atoms with Crippen molar-refractivity contribution in [1.29, 1.82) is 0 Å². The summed E-state index contributed by atoms with van der Waals surface area (Å²) in [5.41, 5.74) is 1.07. The third-order valence-electron chi connectivity index (χ3n) is 3.03. The van der Waals surface area contributed by atoms with Crippen LogP contribution in [0.15, 0.2) is 12.3 Å². The molecule has 0 amide bonds.